The van der Waals surface area contributed by atoms with E-state index in [9.17, 15) is 4.79 Å². The summed E-state index contributed by atoms with van der Waals surface area (Å²) in [7, 11) is 0. The van der Waals surface area contributed by atoms with Crippen molar-refractivity contribution in [2.75, 3.05) is 6.54 Å². The molecule has 7 heteroatoms. The van der Waals surface area contributed by atoms with Crippen molar-refractivity contribution in [3.8, 4) is 5.88 Å². The van der Waals surface area contributed by atoms with Crippen molar-refractivity contribution < 1.29 is 9.53 Å². The number of carbonyl (C=O) groups is 1. The summed E-state index contributed by atoms with van der Waals surface area (Å²) in [6, 6.07) is 9.57. The number of rotatable bonds is 3. The number of aromatic amines is 1. The predicted octanol–water partition coefficient (Wildman–Crippen LogP) is 2.02. The molecule has 1 amide bonds. The van der Waals surface area contributed by atoms with E-state index in [1.807, 2.05) is 43.5 Å². The smallest absolute Gasteiger partial charge is 0.274 e. The van der Waals surface area contributed by atoms with Crippen molar-refractivity contribution in [3.63, 3.8) is 0 Å². The molecule has 0 fully saturated rings. The van der Waals surface area contributed by atoms with Crippen molar-refractivity contribution in [2.45, 2.75) is 26.1 Å². The van der Waals surface area contributed by atoms with Crippen LogP contribution in [-0.2, 0) is 13.1 Å². The van der Waals surface area contributed by atoms with Crippen LogP contribution in [0.4, 0.5) is 0 Å². The van der Waals surface area contributed by atoms with Gasteiger partial charge in [-0.1, -0.05) is 6.07 Å². The van der Waals surface area contributed by atoms with E-state index in [4.69, 9.17) is 4.74 Å². The molecule has 1 aliphatic heterocycles. The van der Waals surface area contributed by atoms with Crippen LogP contribution >= 0.6 is 0 Å². The number of hydrogen-bond acceptors (Lipinski definition) is 4. The zero-order chi connectivity index (χ0) is 17.2. The van der Waals surface area contributed by atoms with Gasteiger partial charge in [0.05, 0.1) is 26.0 Å². The molecule has 0 saturated heterocycles. The minimum Gasteiger partial charge on any atom is -0.471 e. The molecule has 1 atom stereocenters. The second-order valence-electron chi connectivity index (χ2n) is 6.12. The van der Waals surface area contributed by atoms with Gasteiger partial charge in [0.2, 0.25) is 5.88 Å². The SMILES string of the molecule is Cc1[nH]cnc1C(=O)N1Cc2cccn2C[C@H](Oc2ccccn2)C1. The van der Waals surface area contributed by atoms with E-state index in [-0.39, 0.29) is 12.0 Å². The number of ether oxygens (including phenoxy) is 1. The standard InChI is InChI=1S/C18H19N5O2/c1-13-17(21-12-20-13)18(24)23-9-14-5-4-8-22(14)10-15(11-23)25-16-6-2-3-7-19-16/h2-8,12,15H,9-11H2,1H3,(H,20,21)/t15-/m0/s1. The lowest BCUT2D eigenvalue weighted by molar-refractivity contribution is 0.0640. The third-order valence-corrected chi connectivity index (χ3v) is 4.35. The van der Waals surface area contributed by atoms with Crippen LogP contribution in [0.2, 0.25) is 0 Å². The fourth-order valence-electron chi connectivity index (χ4n) is 3.10. The Morgan fingerprint density at radius 2 is 2.16 bits per heavy atom. The molecule has 128 valence electrons. The number of nitrogens with one attached hydrogen (secondary N) is 1. The van der Waals surface area contributed by atoms with E-state index in [2.05, 4.69) is 19.5 Å². The highest BCUT2D eigenvalue weighted by atomic mass is 16.5. The summed E-state index contributed by atoms with van der Waals surface area (Å²) in [5.41, 5.74) is 2.30. The molecular formula is C18H19N5O2. The Labute approximate surface area is 145 Å². The monoisotopic (exact) mass is 337 g/mol. The van der Waals surface area contributed by atoms with Crippen molar-refractivity contribution in [2.24, 2.45) is 0 Å². The zero-order valence-corrected chi connectivity index (χ0v) is 13.9. The highest BCUT2D eigenvalue weighted by Gasteiger charge is 2.28. The van der Waals surface area contributed by atoms with Crippen LogP contribution in [0.5, 0.6) is 5.88 Å². The lowest BCUT2D eigenvalue weighted by atomic mass is 10.2. The number of carbonyl (C=O) groups excluding carboxylic acids is 1. The summed E-state index contributed by atoms with van der Waals surface area (Å²) in [4.78, 5) is 26.1. The van der Waals surface area contributed by atoms with E-state index < -0.39 is 0 Å². The second kappa shape index (κ2) is 6.43. The number of pyridine rings is 1. The Kier molecular flexibility index (Phi) is 3.97. The number of nitrogens with zero attached hydrogens (tertiary/aromatic N) is 4. The summed E-state index contributed by atoms with van der Waals surface area (Å²) in [6.07, 6.45) is 5.07. The Hall–Kier alpha value is -3.09. The molecule has 0 bridgehead atoms. The van der Waals surface area contributed by atoms with Gasteiger partial charge in [0.25, 0.3) is 5.91 Å². The third-order valence-electron chi connectivity index (χ3n) is 4.35. The molecule has 0 radical (unpaired) electrons. The molecule has 4 rings (SSSR count). The average Bonchev–Trinajstić information content (AvgIpc) is 3.20. The first-order valence-electron chi connectivity index (χ1n) is 8.21. The molecule has 1 aliphatic rings. The molecule has 0 saturated carbocycles. The van der Waals surface area contributed by atoms with Gasteiger partial charge in [-0.15, -0.1) is 0 Å². The highest BCUT2D eigenvalue weighted by Crippen LogP contribution is 2.19. The number of amides is 1. The molecule has 7 nitrogen and oxygen atoms in total. The third kappa shape index (κ3) is 3.13. The molecule has 0 spiro atoms. The summed E-state index contributed by atoms with van der Waals surface area (Å²) in [6.45, 7) is 3.52. The van der Waals surface area contributed by atoms with Gasteiger partial charge in [0.1, 0.15) is 11.8 Å². The summed E-state index contributed by atoms with van der Waals surface area (Å²) in [5, 5.41) is 0. The number of H-pyrrole nitrogens is 1. The first kappa shape index (κ1) is 15.4. The van der Waals surface area contributed by atoms with Crippen molar-refractivity contribution in [1.82, 2.24) is 24.4 Å². The molecule has 3 aromatic heterocycles. The molecule has 0 unspecified atom stereocenters. The lowest BCUT2D eigenvalue weighted by Crippen LogP contribution is -2.39. The van der Waals surface area contributed by atoms with E-state index >= 15 is 0 Å². The number of aromatic nitrogens is 4. The van der Waals surface area contributed by atoms with Crippen LogP contribution in [0.15, 0.2) is 49.1 Å². The number of imidazole rings is 1. The van der Waals surface area contributed by atoms with Crippen LogP contribution in [0.1, 0.15) is 21.9 Å². The maximum atomic E-state index is 12.9. The van der Waals surface area contributed by atoms with Gasteiger partial charge in [0.15, 0.2) is 0 Å². The van der Waals surface area contributed by atoms with Gasteiger partial charge in [-0.05, 0) is 25.1 Å². The first-order chi connectivity index (χ1) is 12.2. The largest absolute Gasteiger partial charge is 0.471 e. The Morgan fingerprint density at radius 1 is 1.24 bits per heavy atom. The normalized spacial score (nSPS) is 17.0. The van der Waals surface area contributed by atoms with Gasteiger partial charge in [-0.3, -0.25) is 4.79 Å². The van der Waals surface area contributed by atoms with Gasteiger partial charge >= 0.3 is 0 Å². The molecule has 0 aromatic carbocycles. The molecule has 3 aromatic rings. The van der Waals surface area contributed by atoms with Crippen LogP contribution in [0, 0.1) is 6.92 Å². The fraction of sp³-hybridized carbons (Fsp3) is 0.278. The van der Waals surface area contributed by atoms with Gasteiger partial charge in [-0.25, -0.2) is 9.97 Å². The maximum absolute atomic E-state index is 12.9. The minimum atomic E-state index is -0.188. The van der Waals surface area contributed by atoms with Crippen LogP contribution < -0.4 is 4.74 Å². The molecule has 4 heterocycles. The Bertz CT molecular complexity index is 870. The quantitative estimate of drug-likeness (QED) is 0.793. The van der Waals surface area contributed by atoms with E-state index in [0.717, 1.165) is 11.4 Å². The van der Waals surface area contributed by atoms with Crippen LogP contribution in [0.3, 0.4) is 0 Å². The number of aryl methyl sites for hydroxylation is 1. The summed E-state index contributed by atoms with van der Waals surface area (Å²) >= 11 is 0. The van der Waals surface area contributed by atoms with Crippen LogP contribution in [0.25, 0.3) is 0 Å². The van der Waals surface area contributed by atoms with Gasteiger partial charge < -0.3 is 19.2 Å². The lowest BCUT2D eigenvalue weighted by Gasteiger charge is -2.24. The molecule has 1 N–H and O–H groups in total. The van der Waals surface area contributed by atoms with Gasteiger partial charge in [-0.2, -0.15) is 0 Å². The van der Waals surface area contributed by atoms with Crippen LogP contribution in [-0.4, -0.2) is 43.0 Å². The van der Waals surface area contributed by atoms with E-state index in [0.29, 0.717) is 31.2 Å². The average molecular weight is 337 g/mol. The van der Waals surface area contributed by atoms with Gasteiger partial charge in [0, 0.05) is 29.8 Å². The molecule has 25 heavy (non-hydrogen) atoms. The highest BCUT2D eigenvalue weighted by molar-refractivity contribution is 5.93. The predicted molar refractivity (Wildman–Crippen MR) is 91.2 cm³/mol. The molecular weight excluding hydrogens is 318 g/mol. The second-order valence-corrected chi connectivity index (χ2v) is 6.12. The van der Waals surface area contributed by atoms with Crippen molar-refractivity contribution in [1.29, 1.82) is 0 Å². The van der Waals surface area contributed by atoms with Crippen molar-refractivity contribution >= 4 is 5.91 Å². The minimum absolute atomic E-state index is 0.0944. The Balaban J connectivity index is 1.61. The number of hydrogen-bond donors (Lipinski definition) is 1. The first-order valence-corrected chi connectivity index (χ1v) is 8.21. The van der Waals surface area contributed by atoms with E-state index in [1.165, 1.54) is 0 Å². The van der Waals surface area contributed by atoms with Crippen molar-refractivity contribution in [3.05, 3.63) is 66.1 Å². The fourth-order valence-corrected chi connectivity index (χ4v) is 3.10. The topological polar surface area (TPSA) is 76.0 Å². The zero-order valence-electron chi connectivity index (χ0n) is 13.9. The molecule has 0 aliphatic carbocycles. The number of fused-ring (bicyclic) bond motifs is 1. The maximum Gasteiger partial charge on any atom is 0.274 e. The summed E-state index contributed by atoms with van der Waals surface area (Å²) in [5.74, 6) is 0.467. The summed E-state index contributed by atoms with van der Waals surface area (Å²) < 4.78 is 8.16. The Morgan fingerprint density at radius 3 is 2.92 bits per heavy atom. The van der Waals surface area contributed by atoms with E-state index in [1.54, 1.807) is 17.4 Å².